The highest BCUT2D eigenvalue weighted by Crippen LogP contribution is 2.23. The summed E-state index contributed by atoms with van der Waals surface area (Å²) < 4.78 is 11.6. The van der Waals surface area contributed by atoms with Crippen LogP contribution in [-0.4, -0.2) is 19.2 Å². The van der Waals surface area contributed by atoms with Crippen LogP contribution < -0.4 is 10.2 Å². The molecule has 0 spiro atoms. The normalized spacial score (nSPS) is 11.1. The molecule has 122 valence electrons. The molecule has 0 aliphatic rings. The Morgan fingerprint density at radius 1 is 1.29 bits per heavy atom. The van der Waals surface area contributed by atoms with Gasteiger partial charge in [-0.2, -0.15) is 5.10 Å². The van der Waals surface area contributed by atoms with Crippen LogP contribution in [-0.2, 0) is 0 Å². The third kappa shape index (κ3) is 3.70. The van der Waals surface area contributed by atoms with Crippen molar-refractivity contribution in [3.05, 3.63) is 62.4 Å². The number of carbonyl (C=O) groups is 1. The summed E-state index contributed by atoms with van der Waals surface area (Å²) in [5, 5.41) is 5.30. The first-order chi connectivity index (χ1) is 11.6. The van der Waals surface area contributed by atoms with Crippen molar-refractivity contribution in [2.45, 2.75) is 0 Å². The summed E-state index contributed by atoms with van der Waals surface area (Å²) in [5.41, 5.74) is 3.88. The van der Waals surface area contributed by atoms with E-state index in [-0.39, 0.29) is 5.76 Å². The van der Waals surface area contributed by atoms with Gasteiger partial charge in [-0.15, -0.1) is 0 Å². The number of methoxy groups -OCH3 is 1. The first-order valence-corrected chi connectivity index (χ1v) is 8.38. The van der Waals surface area contributed by atoms with Gasteiger partial charge in [-0.05, 0) is 70.6 Å². The standard InChI is InChI=1S/C17H12ClIN2O3/c1-23-15-4-2-10(6-13(15)19)9-20-21-17(22)16-8-11-7-12(18)3-5-14(11)24-16/h2-9H,1H3,(H,21,22)/b20-9+. The van der Waals surface area contributed by atoms with Crippen molar-refractivity contribution in [3.63, 3.8) is 0 Å². The fourth-order valence-corrected chi connectivity index (χ4v) is 3.05. The van der Waals surface area contributed by atoms with Gasteiger partial charge >= 0.3 is 5.91 Å². The van der Waals surface area contributed by atoms with Crippen molar-refractivity contribution in [1.82, 2.24) is 5.43 Å². The fourth-order valence-electron chi connectivity index (χ4n) is 2.11. The van der Waals surface area contributed by atoms with Crippen LogP contribution in [0.1, 0.15) is 16.1 Å². The molecular formula is C17H12ClIN2O3. The van der Waals surface area contributed by atoms with Crippen molar-refractivity contribution in [3.8, 4) is 5.75 Å². The van der Waals surface area contributed by atoms with Gasteiger partial charge in [0.1, 0.15) is 11.3 Å². The van der Waals surface area contributed by atoms with Gasteiger partial charge in [0.05, 0.1) is 16.9 Å². The Morgan fingerprint density at radius 2 is 2.12 bits per heavy atom. The van der Waals surface area contributed by atoms with E-state index in [2.05, 4.69) is 33.1 Å². The Hall–Kier alpha value is -2.06. The van der Waals surface area contributed by atoms with E-state index in [1.165, 1.54) is 0 Å². The number of rotatable bonds is 4. The minimum atomic E-state index is -0.429. The van der Waals surface area contributed by atoms with E-state index >= 15 is 0 Å². The highest BCUT2D eigenvalue weighted by molar-refractivity contribution is 14.1. The lowest BCUT2D eigenvalue weighted by molar-refractivity contribution is 0.0929. The van der Waals surface area contributed by atoms with Gasteiger partial charge < -0.3 is 9.15 Å². The number of furan rings is 1. The average Bonchev–Trinajstić information content (AvgIpc) is 2.98. The molecule has 3 rings (SSSR count). The first kappa shape index (κ1) is 16.8. The maximum Gasteiger partial charge on any atom is 0.307 e. The number of carbonyl (C=O) groups excluding carboxylic acids is 1. The molecule has 0 saturated heterocycles. The molecule has 0 unspecified atom stereocenters. The number of hydrazone groups is 1. The van der Waals surface area contributed by atoms with Crippen LogP contribution in [0.25, 0.3) is 11.0 Å². The van der Waals surface area contributed by atoms with Gasteiger partial charge in [0.2, 0.25) is 0 Å². The molecule has 0 fully saturated rings. The van der Waals surface area contributed by atoms with Gasteiger partial charge in [-0.25, -0.2) is 5.43 Å². The Balaban J connectivity index is 1.71. The summed E-state index contributed by atoms with van der Waals surface area (Å²) in [7, 11) is 1.62. The third-order valence-electron chi connectivity index (χ3n) is 3.26. The van der Waals surface area contributed by atoms with E-state index in [1.54, 1.807) is 37.6 Å². The number of nitrogens with zero attached hydrogens (tertiary/aromatic N) is 1. The molecular weight excluding hydrogens is 443 g/mol. The molecule has 1 amide bonds. The second-order valence-corrected chi connectivity index (χ2v) is 6.48. The topological polar surface area (TPSA) is 63.8 Å². The Kier molecular flexibility index (Phi) is 5.06. The minimum Gasteiger partial charge on any atom is -0.496 e. The molecule has 0 atom stereocenters. The monoisotopic (exact) mass is 454 g/mol. The number of halogens is 2. The number of fused-ring (bicyclic) bond motifs is 1. The number of amides is 1. The van der Waals surface area contributed by atoms with E-state index in [1.807, 2.05) is 18.2 Å². The maximum atomic E-state index is 12.1. The van der Waals surface area contributed by atoms with Gasteiger partial charge in [0.15, 0.2) is 5.76 Å². The molecule has 0 bridgehead atoms. The molecule has 24 heavy (non-hydrogen) atoms. The lowest BCUT2D eigenvalue weighted by atomic mass is 10.2. The minimum absolute atomic E-state index is 0.175. The highest BCUT2D eigenvalue weighted by atomic mass is 127. The summed E-state index contributed by atoms with van der Waals surface area (Å²) in [6, 6.07) is 12.4. The number of benzene rings is 2. The number of nitrogens with one attached hydrogen (secondary N) is 1. The second kappa shape index (κ2) is 7.23. The average molecular weight is 455 g/mol. The SMILES string of the molecule is COc1ccc(/C=N/NC(=O)c2cc3cc(Cl)ccc3o2)cc1I. The fraction of sp³-hybridized carbons (Fsp3) is 0.0588. The molecule has 0 radical (unpaired) electrons. The molecule has 1 heterocycles. The number of ether oxygens (including phenoxy) is 1. The highest BCUT2D eigenvalue weighted by Gasteiger charge is 2.11. The molecule has 5 nitrogen and oxygen atoms in total. The Morgan fingerprint density at radius 3 is 2.88 bits per heavy atom. The van der Waals surface area contributed by atoms with E-state index in [0.29, 0.717) is 10.6 Å². The van der Waals surface area contributed by atoms with Crippen LogP contribution in [0.3, 0.4) is 0 Å². The van der Waals surface area contributed by atoms with Crippen molar-refractivity contribution in [2.24, 2.45) is 5.10 Å². The van der Waals surface area contributed by atoms with Crippen LogP contribution >= 0.6 is 34.2 Å². The number of hydrogen-bond donors (Lipinski definition) is 1. The summed E-state index contributed by atoms with van der Waals surface area (Å²) in [6.07, 6.45) is 1.55. The van der Waals surface area contributed by atoms with Gasteiger partial charge in [-0.1, -0.05) is 11.6 Å². The molecule has 0 saturated carbocycles. The van der Waals surface area contributed by atoms with Crippen LogP contribution in [0, 0.1) is 3.57 Å². The summed E-state index contributed by atoms with van der Waals surface area (Å²) in [5.74, 6) is 0.535. The first-order valence-electron chi connectivity index (χ1n) is 6.93. The van der Waals surface area contributed by atoms with Crippen molar-refractivity contribution in [1.29, 1.82) is 0 Å². The molecule has 3 aromatic rings. The zero-order valence-corrected chi connectivity index (χ0v) is 15.5. The van der Waals surface area contributed by atoms with Crippen LogP contribution in [0.15, 0.2) is 52.0 Å². The maximum absolute atomic E-state index is 12.1. The smallest absolute Gasteiger partial charge is 0.307 e. The molecule has 2 aromatic carbocycles. The molecule has 1 aromatic heterocycles. The lowest BCUT2D eigenvalue weighted by Gasteiger charge is -2.03. The van der Waals surface area contributed by atoms with Crippen LogP contribution in [0.2, 0.25) is 5.02 Å². The quantitative estimate of drug-likeness (QED) is 0.360. The van der Waals surface area contributed by atoms with Gasteiger partial charge in [0, 0.05) is 10.4 Å². The predicted molar refractivity (Wildman–Crippen MR) is 102 cm³/mol. The summed E-state index contributed by atoms with van der Waals surface area (Å²) in [6.45, 7) is 0. The van der Waals surface area contributed by atoms with Crippen molar-refractivity contribution in [2.75, 3.05) is 7.11 Å². The third-order valence-corrected chi connectivity index (χ3v) is 4.34. The van der Waals surface area contributed by atoms with E-state index < -0.39 is 5.91 Å². The Bertz CT molecular complexity index is 937. The molecule has 0 aliphatic heterocycles. The second-order valence-electron chi connectivity index (χ2n) is 4.89. The zero-order chi connectivity index (χ0) is 17.1. The van der Waals surface area contributed by atoms with Crippen molar-refractivity contribution >= 4 is 57.3 Å². The van der Waals surface area contributed by atoms with Crippen LogP contribution in [0.5, 0.6) is 5.75 Å². The van der Waals surface area contributed by atoms with Crippen LogP contribution in [0.4, 0.5) is 0 Å². The van der Waals surface area contributed by atoms with E-state index in [0.717, 1.165) is 20.3 Å². The summed E-state index contributed by atoms with van der Waals surface area (Å²) in [4.78, 5) is 12.1. The molecule has 1 N–H and O–H groups in total. The van der Waals surface area contributed by atoms with Gasteiger partial charge in [0.25, 0.3) is 0 Å². The molecule has 7 heteroatoms. The van der Waals surface area contributed by atoms with E-state index in [9.17, 15) is 4.79 Å². The number of hydrogen-bond acceptors (Lipinski definition) is 4. The predicted octanol–water partition coefficient (Wildman–Crippen LogP) is 4.46. The van der Waals surface area contributed by atoms with Gasteiger partial charge in [-0.3, -0.25) is 4.79 Å². The zero-order valence-electron chi connectivity index (χ0n) is 12.5. The summed E-state index contributed by atoms with van der Waals surface area (Å²) >= 11 is 8.09. The van der Waals surface area contributed by atoms with Crippen molar-refractivity contribution < 1.29 is 13.9 Å². The Labute approximate surface area is 156 Å². The lowest BCUT2D eigenvalue weighted by Crippen LogP contribution is -2.16. The largest absolute Gasteiger partial charge is 0.496 e. The molecule has 0 aliphatic carbocycles. The van der Waals surface area contributed by atoms with E-state index in [4.69, 9.17) is 20.8 Å².